The Morgan fingerprint density at radius 2 is 2.08 bits per heavy atom. The number of carbonyl (C=O) groups excluding carboxylic acids is 1. The summed E-state index contributed by atoms with van der Waals surface area (Å²) in [5.41, 5.74) is 1.95. The van der Waals surface area contributed by atoms with Crippen LogP contribution in [0.2, 0.25) is 0 Å². The highest BCUT2D eigenvalue weighted by atomic mass is 16.1. The molecule has 2 nitrogen and oxygen atoms in total. The van der Waals surface area contributed by atoms with Crippen LogP contribution in [0.1, 0.15) is 5.69 Å². The summed E-state index contributed by atoms with van der Waals surface area (Å²) in [6.45, 7) is 1.92. The molecular weight excluding hydrogens is 150 g/mol. The van der Waals surface area contributed by atoms with E-state index in [1.807, 2.05) is 37.3 Å². The van der Waals surface area contributed by atoms with Gasteiger partial charge in [0.2, 0.25) is 6.41 Å². The SMILES string of the molecule is Cc1cc2ccccc2n1C=O. The van der Waals surface area contributed by atoms with Gasteiger partial charge in [-0.1, -0.05) is 18.2 Å². The molecule has 60 valence electrons. The first-order valence-electron chi connectivity index (χ1n) is 3.85. The van der Waals surface area contributed by atoms with Crippen LogP contribution in [0.25, 0.3) is 10.9 Å². The van der Waals surface area contributed by atoms with Crippen molar-refractivity contribution in [3.8, 4) is 0 Å². The topological polar surface area (TPSA) is 22.0 Å². The highest BCUT2D eigenvalue weighted by Gasteiger charge is 2.01. The van der Waals surface area contributed by atoms with E-state index in [2.05, 4.69) is 0 Å². The van der Waals surface area contributed by atoms with Gasteiger partial charge in [-0.15, -0.1) is 0 Å². The molecule has 1 aromatic heterocycles. The van der Waals surface area contributed by atoms with Gasteiger partial charge in [-0.05, 0) is 19.1 Å². The molecule has 0 saturated heterocycles. The van der Waals surface area contributed by atoms with Crippen molar-refractivity contribution in [3.63, 3.8) is 0 Å². The number of rotatable bonds is 1. The molecule has 0 aliphatic carbocycles. The van der Waals surface area contributed by atoms with Crippen LogP contribution in [0.15, 0.2) is 30.3 Å². The van der Waals surface area contributed by atoms with Gasteiger partial charge in [0, 0.05) is 11.1 Å². The molecule has 0 aliphatic rings. The second-order valence-electron chi connectivity index (χ2n) is 2.82. The van der Waals surface area contributed by atoms with E-state index in [1.54, 1.807) is 4.57 Å². The summed E-state index contributed by atoms with van der Waals surface area (Å²) in [5, 5.41) is 1.11. The van der Waals surface area contributed by atoms with Gasteiger partial charge in [0.25, 0.3) is 0 Å². The quantitative estimate of drug-likeness (QED) is 0.583. The van der Waals surface area contributed by atoms with E-state index in [1.165, 1.54) is 0 Å². The molecule has 0 spiro atoms. The van der Waals surface area contributed by atoms with Crippen molar-refractivity contribution in [2.24, 2.45) is 0 Å². The Labute approximate surface area is 70.4 Å². The molecule has 0 saturated carbocycles. The van der Waals surface area contributed by atoms with Crippen LogP contribution in [-0.4, -0.2) is 11.0 Å². The molecule has 0 fully saturated rings. The largest absolute Gasteiger partial charge is 0.287 e. The minimum atomic E-state index is 0.845. The Hall–Kier alpha value is -1.57. The third-order valence-electron chi connectivity index (χ3n) is 2.05. The minimum absolute atomic E-state index is 0.845. The summed E-state index contributed by atoms with van der Waals surface area (Å²) >= 11 is 0. The number of benzene rings is 1. The Morgan fingerprint density at radius 1 is 1.33 bits per heavy atom. The number of hydrogen-bond donors (Lipinski definition) is 0. The van der Waals surface area contributed by atoms with Crippen LogP contribution in [0.4, 0.5) is 0 Å². The van der Waals surface area contributed by atoms with Crippen molar-refractivity contribution in [2.45, 2.75) is 6.92 Å². The summed E-state index contributed by atoms with van der Waals surface area (Å²) in [5.74, 6) is 0. The lowest BCUT2D eigenvalue weighted by Crippen LogP contribution is -1.95. The molecule has 0 bridgehead atoms. The van der Waals surface area contributed by atoms with E-state index in [9.17, 15) is 4.79 Å². The first kappa shape index (κ1) is 7.10. The van der Waals surface area contributed by atoms with E-state index >= 15 is 0 Å². The maximum atomic E-state index is 10.7. The number of aryl methyl sites for hydroxylation is 1. The molecule has 2 rings (SSSR count). The second-order valence-corrected chi connectivity index (χ2v) is 2.82. The molecule has 12 heavy (non-hydrogen) atoms. The lowest BCUT2D eigenvalue weighted by molar-refractivity contribution is 0.548. The van der Waals surface area contributed by atoms with Gasteiger partial charge in [0.1, 0.15) is 0 Å². The minimum Gasteiger partial charge on any atom is -0.287 e. The Morgan fingerprint density at radius 3 is 2.83 bits per heavy atom. The molecule has 0 N–H and O–H groups in total. The van der Waals surface area contributed by atoms with Gasteiger partial charge in [-0.25, -0.2) is 0 Å². The van der Waals surface area contributed by atoms with E-state index in [4.69, 9.17) is 0 Å². The van der Waals surface area contributed by atoms with Crippen LogP contribution >= 0.6 is 0 Å². The van der Waals surface area contributed by atoms with Crippen LogP contribution in [-0.2, 0) is 4.79 Å². The first-order valence-corrected chi connectivity index (χ1v) is 3.85. The average molecular weight is 159 g/mol. The van der Waals surface area contributed by atoms with Gasteiger partial charge in [0.05, 0.1) is 5.52 Å². The Bertz CT molecular complexity index is 428. The number of para-hydroxylation sites is 1. The van der Waals surface area contributed by atoms with Crippen molar-refractivity contribution in [1.29, 1.82) is 0 Å². The standard InChI is InChI=1S/C10H9NO/c1-8-6-9-4-2-3-5-10(9)11(8)7-12/h2-7H,1H3. The third-order valence-corrected chi connectivity index (χ3v) is 2.05. The number of fused-ring (bicyclic) bond motifs is 1. The summed E-state index contributed by atoms with van der Waals surface area (Å²) in [6.07, 6.45) is 0.845. The normalized spacial score (nSPS) is 10.4. The van der Waals surface area contributed by atoms with Crippen molar-refractivity contribution in [3.05, 3.63) is 36.0 Å². The van der Waals surface area contributed by atoms with Crippen molar-refractivity contribution < 1.29 is 4.79 Å². The van der Waals surface area contributed by atoms with Crippen molar-refractivity contribution >= 4 is 17.3 Å². The summed E-state index contributed by atoms with van der Waals surface area (Å²) in [6, 6.07) is 9.85. The molecule has 1 heterocycles. The molecule has 0 aliphatic heterocycles. The first-order chi connectivity index (χ1) is 5.83. The molecule has 2 heteroatoms. The smallest absolute Gasteiger partial charge is 0.218 e. The van der Waals surface area contributed by atoms with Gasteiger partial charge in [-0.2, -0.15) is 0 Å². The van der Waals surface area contributed by atoms with Crippen molar-refractivity contribution in [2.75, 3.05) is 0 Å². The lowest BCUT2D eigenvalue weighted by atomic mass is 10.2. The Kier molecular flexibility index (Phi) is 1.47. The highest BCUT2D eigenvalue weighted by molar-refractivity contribution is 5.86. The lowest BCUT2D eigenvalue weighted by Gasteiger charge is -1.94. The number of nitrogens with zero attached hydrogens (tertiary/aromatic N) is 1. The molecule has 2 aromatic rings. The van der Waals surface area contributed by atoms with E-state index in [0.29, 0.717) is 0 Å². The van der Waals surface area contributed by atoms with Gasteiger partial charge in [0.15, 0.2) is 0 Å². The molecule has 1 aromatic carbocycles. The fourth-order valence-corrected chi connectivity index (χ4v) is 1.45. The zero-order valence-corrected chi connectivity index (χ0v) is 6.82. The fraction of sp³-hybridized carbons (Fsp3) is 0.100. The van der Waals surface area contributed by atoms with Gasteiger partial charge < -0.3 is 0 Å². The van der Waals surface area contributed by atoms with Crippen molar-refractivity contribution in [1.82, 2.24) is 4.57 Å². The summed E-state index contributed by atoms with van der Waals surface area (Å²) in [4.78, 5) is 10.7. The highest BCUT2D eigenvalue weighted by Crippen LogP contribution is 2.16. The van der Waals surface area contributed by atoms with E-state index in [0.717, 1.165) is 23.0 Å². The molecule has 0 amide bonds. The predicted octanol–water partition coefficient (Wildman–Crippen LogP) is 1.99. The average Bonchev–Trinajstić information content (AvgIpc) is 2.40. The van der Waals surface area contributed by atoms with E-state index < -0.39 is 0 Å². The van der Waals surface area contributed by atoms with Crippen LogP contribution in [0, 0.1) is 6.92 Å². The summed E-state index contributed by atoms with van der Waals surface area (Å²) in [7, 11) is 0. The maximum absolute atomic E-state index is 10.7. The molecule has 0 atom stereocenters. The number of aromatic nitrogens is 1. The maximum Gasteiger partial charge on any atom is 0.218 e. The number of hydrogen-bond acceptors (Lipinski definition) is 1. The summed E-state index contributed by atoms with van der Waals surface area (Å²) < 4.78 is 1.65. The molecular formula is C10H9NO. The van der Waals surface area contributed by atoms with Crippen LogP contribution in [0.3, 0.4) is 0 Å². The predicted molar refractivity (Wildman–Crippen MR) is 48.8 cm³/mol. The van der Waals surface area contributed by atoms with Gasteiger partial charge >= 0.3 is 0 Å². The van der Waals surface area contributed by atoms with Crippen LogP contribution < -0.4 is 0 Å². The van der Waals surface area contributed by atoms with Crippen LogP contribution in [0.5, 0.6) is 0 Å². The monoisotopic (exact) mass is 159 g/mol. The molecule has 0 radical (unpaired) electrons. The van der Waals surface area contributed by atoms with E-state index in [-0.39, 0.29) is 0 Å². The Balaban J connectivity index is 2.90. The second kappa shape index (κ2) is 2.48. The van der Waals surface area contributed by atoms with Gasteiger partial charge in [-0.3, -0.25) is 9.36 Å². The molecule has 0 unspecified atom stereocenters. The zero-order chi connectivity index (χ0) is 8.55. The third kappa shape index (κ3) is 0.848. The fourth-order valence-electron chi connectivity index (χ4n) is 1.45. The zero-order valence-electron chi connectivity index (χ0n) is 6.82. The number of carbonyl (C=O) groups is 1.